The zero-order valence-electron chi connectivity index (χ0n) is 29.5. The summed E-state index contributed by atoms with van der Waals surface area (Å²) in [6.45, 7) is 4.98. The highest BCUT2D eigenvalue weighted by Crippen LogP contribution is 2.12. The van der Waals surface area contributed by atoms with Crippen LogP contribution in [0.3, 0.4) is 0 Å². The van der Waals surface area contributed by atoms with E-state index in [4.69, 9.17) is 9.47 Å². The maximum absolute atomic E-state index is 12.0. The molecule has 2 atom stereocenters. The van der Waals surface area contributed by atoms with Crippen LogP contribution in [-0.4, -0.2) is 54.0 Å². The van der Waals surface area contributed by atoms with E-state index in [1.54, 1.807) is 0 Å². The van der Waals surface area contributed by atoms with Crippen LogP contribution in [-0.2, 0) is 19.1 Å². The van der Waals surface area contributed by atoms with Crippen molar-refractivity contribution in [3.05, 3.63) is 24.3 Å². The predicted molar refractivity (Wildman–Crippen MR) is 191 cm³/mol. The summed E-state index contributed by atoms with van der Waals surface area (Å²) in [4.78, 5) is 23.9. The van der Waals surface area contributed by atoms with Gasteiger partial charge in [-0.2, -0.15) is 0 Å². The monoisotopic (exact) mass is 639 g/mol. The summed E-state index contributed by atoms with van der Waals surface area (Å²) in [5.41, 5.74) is 0. The van der Waals surface area contributed by atoms with E-state index in [-0.39, 0.29) is 45.2 Å². The molecule has 0 aliphatic rings. The third-order valence-electron chi connectivity index (χ3n) is 8.26. The van der Waals surface area contributed by atoms with Crippen molar-refractivity contribution in [1.29, 1.82) is 0 Å². The number of ketones is 1. The molecule has 0 heterocycles. The van der Waals surface area contributed by atoms with Gasteiger partial charge in [0.05, 0.1) is 18.8 Å². The van der Waals surface area contributed by atoms with E-state index in [1.165, 1.54) is 44.9 Å². The highest BCUT2D eigenvalue weighted by atomic mass is 16.6. The molecular weight excluding hydrogens is 564 g/mol. The number of aliphatic hydroxyl groups is 2. The molecule has 0 aliphatic carbocycles. The Labute approximate surface area is 279 Å². The van der Waals surface area contributed by atoms with Gasteiger partial charge in [-0.3, -0.25) is 9.59 Å². The Bertz CT molecular complexity index is 653. The molecule has 0 bridgehead atoms. The van der Waals surface area contributed by atoms with Gasteiger partial charge in [0.25, 0.3) is 0 Å². The summed E-state index contributed by atoms with van der Waals surface area (Å²) >= 11 is 0. The van der Waals surface area contributed by atoms with Gasteiger partial charge >= 0.3 is 5.97 Å². The number of rotatable bonds is 35. The van der Waals surface area contributed by atoms with E-state index in [1.807, 2.05) is 0 Å². The van der Waals surface area contributed by atoms with E-state index in [9.17, 15) is 19.8 Å². The molecular formula is C39H74O6. The van der Waals surface area contributed by atoms with Gasteiger partial charge < -0.3 is 19.7 Å². The molecule has 0 amide bonds. The molecule has 0 aromatic carbocycles. The van der Waals surface area contributed by atoms with E-state index in [0.717, 1.165) is 109 Å². The summed E-state index contributed by atoms with van der Waals surface area (Å²) in [5, 5.41) is 20.0. The zero-order chi connectivity index (χ0) is 33.1. The van der Waals surface area contributed by atoms with E-state index >= 15 is 0 Å². The van der Waals surface area contributed by atoms with E-state index in [0.29, 0.717) is 12.8 Å². The molecule has 0 saturated carbocycles. The average molecular weight is 639 g/mol. The van der Waals surface area contributed by atoms with Crippen molar-refractivity contribution in [2.45, 2.75) is 193 Å². The van der Waals surface area contributed by atoms with Gasteiger partial charge in [-0.1, -0.05) is 128 Å². The molecule has 0 aromatic heterocycles. The van der Waals surface area contributed by atoms with Gasteiger partial charge in [0, 0.05) is 14.3 Å². The Morgan fingerprint density at radius 2 is 1.04 bits per heavy atom. The number of aliphatic hydroxyl groups excluding tert-OH is 2. The summed E-state index contributed by atoms with van der Waals surface area (Å²) in [6.07, 6.45) is 35.1. The Morgan fingerprint density at radius 1 is 0.578 bits per heavy atom. The molecule has 2 unspecified atom stereocenters. The number of allylic oxidation sites excluding steroid dienone is 2. The van der Waals surface area contributed by atoms with Crippen molar-refractivity contribution in [2.75, 3.05) is 19.8 Å². The SMILES string of the molecule is CCCCCCC(O)C/C=C\CCCCCCCC(=O)COCCOC(=O)CCCCCCC/C=C\CC(O)CCCCCC.[HH]. The average Bonchev–Trinajstić information content (AvgIpc) is 3.03. The van der Waals surface area contributed by atoms with Crippen molar-refractivity contribution in [3.8, 4) is 0 Å². The first kappa shape index (κ1) is 43.5. The lowest BCUT2D eigenvalue weighted by Crippen LogP contribution is -2.14. The number of hydrogen-bond donors (Lipinski definition) is 2. The molecule has 0 aromatic rings. The first-order valence-electron chi connectivity index (χ1n) is 18.9. The topological polar surface area (TPSA) is 93.1 Å². The molecule has 45 heavy (non-hydrogen) atoms. The number of carbonyl (C=O) groups excluding carboxylic acids is 2. The van der Waals surface area contributed by atoms with Crippen molar-refractivity contribution < 1.29 is 30.7 Å². The van der Waals surface area contributed by atoms with Gasteiger partial charge in [-0.15, -0.1) is 0 Å². The first-order chi connectivity index (χ1) is 22.0. The molecule has 0 fully saturated rings. The number of ether oxygens (including phenoxy) is 2. The molecule has 6 heteroatoms. The molecule has 266 valence electrons. The van der Waals surface area contributed by atoms with Gasteiger partial charge in [0.15, 0.2) is 5.78 Å². The van der Waals surface area contributed by atoms with Crippen LogP contribution in [0, 0.1) is 0 Å². The fraction of sp³-hybridized carbons (Fsp3) is 0.846. The molecule has 0 saturated heterocycles. The van der Waals surface area contributed by atoms with Crippen molar-refractivity contribution in [3.63, 3.8) is 0 Å². The summed E-state index contributed by atoms with van der Waals surface area (Å²) in [6, 6.07) is 0. The standard InChI is InChI=1S/C39H72O6.H2/c1-3-5-7-21-27-36(40)29-23-17-13-9-10-15-19-25-31-38(42)35-44-33-34-45-39(43)32-26-20-16-12-11-14-18-24-30-37(41)28-22-8-6-4-2;/h17-18,23-24,36-37,40-41H,3-16,19-22,25-35H2,1-2H3;1H/b23-17-,24-18-;. The second-order valence-corrected chi connectivity index (χ2v) is 12.8. The Morgan fingerprint density at radius 3 is 1.58 bits per heavy atom. The Kier molecular flexibility index (Phi) is 34.2. The lowest BCUT2D eigenvalue weighted by molar-refractivity contribution is -0.145. The number of esters is 1. The molecule has 6 nitrogen and oxygen atoms in total. The minimum atomic E-state index is -0.196. The lowest BCUT2D eigenvalue weighted by atomic mass is 10.1. The second-order valence-electron chi connectivity index (χ2n) is 12.8. The second kappa shape index (κ2) is 35.4. The van der Waals surface area contributed by atoms with Crippen LogP contribution in [0.5, 0.6) is 0 Å². The van der Waals surface area contributed by atoms with E-state index < -0.39 is 0 Å². The van der Waals surface area contributed by atoms with Gasteiger partial charge in [-0.25, -0.2) is 0 Å². The van der Waals surface area contributed by atoms with Crippen LogP contribution < -0.4 is 0 Å². The third kappa shape index (κ3) is 35.2. The van der Waals surface area contributed by atoms with E-state index in [2.05, 4.69) is 38.2 Å². The smallest absolute Gasteiger partial charge is 0.305 e. The maximum atomic E-state index is 12.0. The molecule has 0 radical (unpaired) electrons. The third-order valence-corrected chi connectivity index (χ3v) is 8.26. The van der Waals surface area contributed by atoms with Crippen LogP contribution in [0.15, 0.2) is 24.3 Å². The van der Waals surface area contributed by atoms with Crippen LogP contribution in [0.2, 0.25) is 0 Å². The van der Waals surface area contributed by atoms with Gasteiger partial charge in [0.2, 0.25) is 0 Å². The normalized spacial score (nSPS) is 13.2. The zero-order valence-corrected chi connectivity index (χ0v) is 29.5. The number of carbonyl (C=O) groups is 2. The van der Waals surface area contributed by atoms with Crippen molar-refractivity contribution >= 4 is 11.8 Å². The lowest BCUT2D eigenvalue weighted by Gasteiger charge is -2.07. The summed E-state index contributed by atoms with van der Waals surface area (Å²) in [7, 11) is 0. The quantitative estimate of drug-likeness (QED) is 0.0408. The van der Waals surface area contributed by atoms with Gasteiger partial charge in [0.1, 0.15) is 13.2 Å². The Balaban J connectivity index is 0. The first-order valence-corrected chi connectivity index (χ1v) is 18.9. The molecule has 0 aliphatic heterocycles. The predicted octanol–water partition coefficient (Wildman–Crippen LogP) is 10.4. The number of hydrogen-bond acceptors (Lipinski definition) is 6. The Hall–Kier alpha value is -1.50. The molecule has 0 spiro atoms. The van der Waals surface area contributed by atoms with Crippen molar-refractivity contribution in [2.24, 2.45) is 0 Å². The summed E-state index contributed by atoms with van der Waals surface area (Å²) < 4.78 is 10.6. The fourth-order valence-corrected chi connectivity index (χ4v) is 5.31. The highest BCUT2D eigenvalue weighted by Gasteiger charge is 2.06. The van der Waals surface area contributed by atoms with Crippen LogP contribution in [0.25, 0.3) is 0 Å². The number of Topliss-reactive ketones (excluding diaryl/α,β-unsaturated/α-hetero) is 1. The van der Waals surface area contributed by atoms with Crippen LogP contribution in [0.4, 0.5) is 0 Å². The van der Waals surface area contributed by atoms with Crippen LogP contribution in [0.1, 0.15) is 182 Å². The largest absolute Gasteiger partial charge is 0.463 e. The fourth-order valence-electron chi connectivity index (χ4n) is 5.31. The van der Waals surface area contributed by atoms with Crippen molar-refractivity contribution in [1.82, 2.24) is 0 Å². The number of unbranched alkanes of at least 4 members (excludes halogenated alkanes) is 16. The summed E-state index contributed by atoms with van der Waals surface area (Å²) in [5.74, 6) is -0.0737. The minimum Gasteiger partial charge on any atom is -0.463 e. The molecule has 2 N–H and O–H groups in total. The minimum absolute atomic E-state index is 0. The molecule has 0 rings (SSSR count). The van der Waals surface area contributed by atoms with Crippen LogP contribution >= 0.6 is 0 Å². The van der Waals surface area contributed by atoms with Gasteiger partial charge in [-0.05, 0) is 64.2 Å². The highest BCUT2D eigenvalue weighted by molar-refractivity contribution is 5.79. The maximum Gasteiger partial charge on any atom is 0.305 e.